The molecule has 0 amide bonds. The Labute approximate surface area is 143 Å². The number of benzene rings is 1. The van der Waals surface area contributed by atoms with Crippen LogP contribution < -0.4 is 0 Å². The third-order valence-corrected chi connectivity index (χ3v) is 5.89. The van der Waals surface area contributed by atoms with Crippen molar-refractivity contribution in [3.8, 4) is 0 Å². The highest BCUT2D eigenvalue weighted by Crippen LogP contribution is 2.24. The Bertz CT molecular complexity index is 539. The molecule has 0 aromatic heterocycles. The number of hydrogen-bond acceptors (Lipinski definition) is 3. The van der Waals surface area contributed by atoms with Crippen molar-refractivity contribution in [2.45, 2.75) is 57.2 Å². The van der Waals surface area contributed by atoms with Crippen LogP contribution in [0.5, 0.6) is 0 Å². The molecule has 1 N–H and O–H groups in total. The molecule has 0 fully saturated rings. The summed E-state index contributed by atoms with van der Waals surface area (Å²) in [5.41, 5.74) is 4.15. The summed E-state index contributed by atoms with van der Waals surface area (Å²) >= 11 is 1.72. The minimum atomic E-state index is 0.165. The summed E-state index contributed by atoms with van der Waals surface area (Å²) in [4.78, 5) is 12.5. The molecule has 0 spiro atoms. The van der Waals surface area contributed by atoms with Gasteiger partial charge in [0.15, 0.2) is 11.6 Å². The number of thioether (sulfide) groups is 1. The van der Waals surface area contributed by atoms with Crippen LogP contribution in [0.25, 0.3) is 0 Å². The molecule has 2 atom stereocenters. The largest absolute Gasteiger partial charge is 0.396 e. The normalized spacial score (nSPS) is 20.6. The van der Waals surface area contributed by atoms with E-state index in [9.17, 15) is 4.79 Å². The number of hydrogen-bond donors (Lipinski definition) is 1. The first-order valence-corrected chi connectivity index (χ1v) is 9.57. The van der Waals surface area contributed by atoms with Gasteiger partial charge in [-0.3, -0.25) is 4.79 Å². The molecule has 0 saturated carbocycles. The van der Waals surface area contributed by atoms with Gasteiger partial charge in [0.2, 0.25) is 12.3 Å². The molecule has 0 aliphatic carbocycles. The Balaban J connectivity index is 1.88. The number of rotatable bonds is 9. The highest BCUT2D eigenvalue weighted by molar-refractivity contribution is 8.12. The van der Waals surface area contributed by atoms with Gasteiger partial charge in [-0.15, -0.1) is 0 Å². The molecular weight excluding hydrogens is 306 g/mol. The van der Waals surface area contributed by atoms with E-state index in [1.54, 1.807) is 11.8 Å². The number of aliphatic hydroxyl groups excluding tert-OH is 1. The van der Waals surface area contributed by atoms with E-state index in [1.165, 1.54) is 24.8 Å². The number of aliphatic hydroxyl groups is 1. The third kappa shape index (κ3) is 5.18. The molecule has 0 saturated heterocycles. The summed E-state index contributed by atoms with van der Waals surface area (Å²) in [6.07, 6.45) is 5.58. The Morgan fingerprint density at radius 3 is 2.65 bits per heavy atom. The van der Waals surface area contributed by atoms with Gasteiger partial charge in [0, 0.05) is 12.2 Å². The lowest BCUT2D eigenvalue weighted by Crippen LogP contribution is -2.31. The molecule has 4 heteroatoms. The van der Waals surface area contributed by atoms with E-state index in [-0.39, 0.29) is 12.4 Å². The zero-order valence-electron chi connectivity index (χ0n) is 14.2. The molecule has 2 unspecified atom stereocenters. The van der Waals surface area contributed by atoms with Crippen LogP contribution in [0, 0.1) is 0 Å². The van der Waals surface area contributed by atoms with Crippen molar-refractivity contribution in [1.29, 1.82) is 0 Å². The van der Waals surface area contributed by atoms with Gasteiger partial charge in [-0.25, -0.2) is 4.58 Å². The summed E-state index contributed by atoms with van der Waals surface area (Å²) < 4.78 is 2.10. The van der Waals surface area contributed by atoms with Crippen LogP contribution in [0.1, 0.15) is 55.5 Å². The van der Waals surface area contributed by atoms with Crippen LogP contribution in [0.15, 0.2) is 24.3 Å². The smallest absolute Gasteiger partial charge is 0.227 e. The maximum atomic E-state index is 12.5. The van der Waals surface area contributed by atoms with Gasteiger partial charge in [-0.05, 0) is 31.7 Å². The van der Waals surface area contributed by atoms with Crippen molar-refractivity contribution in [3.63, 3.8) is 0 Å². The summed E-state index contributed by atoms with van der Waals surface area (Å²) in [5.74, 6) is 0.165. The van der Waals surface area contributed by atoms with Gasteiger partial charge in [0.05, 0.1) is 5.25 Å². The summed E-state index contributed by atoms with van der Waals surface area (Å²) in [6, 6.07) is 8.39. The average Bonchev–Trinajstić information content (AvgIpc) is 2.89. The second-order valence-corrected chi connectivity index (χ2v) is 7.37. The quantitative estimate of drug-likeness (QED) is 0.427. The maximum absolute atomic E-state index is 12.5. The zero-order chi connectivity index (χ0) is 16.7. The lowest BCUT2D eigenvalue weighted by molar-refractivity contribution is -0.539. The lowest BCUT2D eigenvalue weighted by Gasteiger charge is -2.11. The van der Waals surface area contributed by atoms with E-state index < -0.39 is 0 Å². The number of aryl methyl sites for hydroxylation is 1. The molecule has 23 heavy (non-hydrogen) atoms. The van der Waals surface area contributed by atoms with Gasteiger partial charge >= 0.3 is 0 Å². The van der Waals surface area contributed by atoms with Gasteiger partial charge in [-0.1, -0.05) is 55.8 Å². The van der Waals surface area contributed by atoms with Crippen molar-refractivity contribution in [1.82, 2.24) is 0 Å². The first kappa shape index (κ1) is 18.2. The van der Waals surface area contributed by atoms with Crippen LogP contribution in [0.3, 0.4) is 0 Å². The van der Waals surface area contributed by atoms with Crippen molar-refractivity contribution >= 4 is 23.1 Å². The molecule has 2 rings (SSSR count). The highest BCUT2D eigenvalue weighted by Gasteiger charge is 2.34. The van der Waals surface area contributed by atoms with Gasteiger partial charge in [0.1, 0.15) is 0 Å². The minimum Gasteiger partial charge on any atom is -0.396 e. The summed E-state index contributed by atoms with van der Waals surface area (Å²) in [6.45, 7) is 4.96. The topological polar surface area (TPSA) is 40.3 Å². The average molecular weight is 335 g/mol. The van der Waals surface area contributed by atoms with Gasteiger partial charge < -0.3 is 5.11 Å². The predicted molar refractivity (Wildman–Crippen MR) is 97.7 cm³/mol. The monoisotopic (exact) mass is 334 g/mol. The number of carbonyl (C=O) groups is 1. The Kier molecular flexibility index (Phi) is 7.31. The van der Waals surface area contributed by atoms with Crippen LogP contribution in [0.4, 0.5) is 0 Å². The van der Waals surface area contributed by atoms with Crippen molar-refractivity contribution in [2.24, 2.45) is 0 Å². The van der Waals surface area contributed by atoms with Gasteiger partial charge in [0.25, 0.3) is 0 Å². The van der Waals surface area contributed by atoms with Crippen molar-refractivity contribution in [3.05, 3.63) is 35.4 Å². The second kappa shape index (κ2) is 9.24. The number of ketones is 1. The number of unbranched alkanes of at least 4 members (excludes halogenated alkanes) is 2. The molecule has 1 aliphatic heterocycles. The highest BCUT2D eigenvalue weighted by atomic mass is 32.2. The van der Waals surface area contributed by atoms with E-state index in [0.29, 0.717) is 17.8 Å². The second-order valence-electron chi connectivity index (χ2n) is 6.28. The van der Waals surface area contributed by atoms with Crippen LogP contribution in [-0.4, -0.2) is 45.5 Å². The molecule has 1 aromatic carbocycles. The summed E-state index contributed by atoms with van der Waals surface area (Å²) in [5, 5.41) is 9.46. The maximum Gasteiger partial charge on any atom is 0.227 e. The summed E-state index contributed by atoms with van der Waals surface area (Å²) in [7, 11) is 0. The minimum absolute atomic E-state index is 0.165. The van der Waals surface area contributed by atoms with E-state index in [4.69, 9.17) is 5.11 Å². The SMILES string of the molecule is CCCCCc1ccc(C(=O)C[N+]2=CSC(CCO)C2C)cc1. The molecule has 1 heterocycles. The van der Waals surface area contributed by atoms with Crippen LogP contribution in [-0.2, 0) is 6.42 Å². The van der Waals surface area contributed by atoms with Crippen molar-refractivity contribution < 1.29 is 14.5 Å². The first-order chi connectivity index (χ1) is 11.2. The Hall–Kier alpha value is -1.13. The van der Waals surface area contributed by atoms with Crippen LogP contribution >= 0.6 is 11.8 Å². The Morgan fingerprint density at radius 2 is 2.00 bits per heavy atom. The van der Waals surface area contributed by atoms with E-state index >= 15 is 0 Å². The van der Waals surface area contributed by atoms with E-state index in [1.807, 2.05) is 17.7 Å². The standard InChI is InChI=1S/C19H28NO2S/c1-3-4-5-6-16-7-9-17(10-8-16)18(22)13-20-14-23-19(11-12-21)15(20)2/h7-10,14-15,19,21H,3-6,11-13H2,1-2H3/q+1. The molecular formula is C19H28NO2S+. The molecule has 0 bridgehead atoms. The molecule has 126 valence electrons. The first-order valence-electron chi connectivity index (χ1n) is 8.63. The predicted octanol–water partition coefficient (Wildman–Crippen LogP) is 3.53. The fraction of sp³-hybridized carbons (Fsp3) is 0.579. The molecule has 0 radical (unpaired) electrons. The molecule has 1 aliphatic rings. The number of nitrogens with zero attached hydrogens (tertiary/aromatic N) is 1. The van der Waals surface area contributed by atoms with Crippen LogP contribution in [0.2, 0.25) is 0 Å². The number of carbonyl (C=O) groups excluding carboxylic acids is 1. The lowest BCUT2D eigenvalue weighted by atomic mass is 10.0. The van der Waals surface area contributed by atoms with Crippen molar-refractivity contribution in [2.75, 3.05) is 13.2 Å². The van der Waals surface area contributed by atoms with E-state index in [2.05, 4.69) is 30.6 Å². The zero-order valence-corrected chi connectivity index (χ0v) is 15.0. The number of Topliss-reactive ketones (excluding diaryl/α,β-unsaturated/α-hetero) is 1. The molecule has 1 aromatic rings. The fourth-order valence-electron chi connectivity index (χ4n) is 2.89. The van der Waals surface area contributed by atoms with E-state index in [0.717, 1.165) is 18.4 Å². The fourth-order valence-corrected chi connectivity index (χ4v) is 4.10. The van der Waals surface area contributed by atoms with Gasteiger partial charge in [-0.2, -0.15) is 0 Å². The molecule has 3 nitrogen and oxygen atoms in total. The Morgan fingerprint density at radius 1 is 1.26 bits per heavy atom. The third-order valence-electron chi connectivity index (χ3n) is 4.52.